The summed E-state index contributed by atoms with van der Waals surface area (Å²) < 4.78 is 0. The molecule has 16 heteroatoms. The Balaban J connectivity index is 1.71. The highest BCUT2D eigenvalue weighted by atomic mass is 16.4. The lowest BCUT2D eigenvalue weighted by molar-refractivity contribution is -0.130. The van der Waals surface area contributed by atoms with Crippen LogP contribution in [0.1, 0.15) is 36.4 Å². The molecule has 276 valence electrons. The van der Waals surface area contributed by atoms with Crippen LogP contribution in [0.5, 0.6) is 0 Å². The molecular weight excluding hydrogens is 668 g/mol. The number of aldehydes is 2. The van der Waals surface area contributed by atoms with E-state index in [0.717, 1.165) is 0 Å². The molecule has 0 radical (unpaired) electrons. The van der Waals surface area contributed by atoms with Gasteiger partial charge >= 0.3 is 0 Å². The predicted octanol–water partition coefficient (Wildman–Crippen LogP) is -2.42. The summed E-state index contributed by atoms with van der Waals surface area (Å²) in [6.45, 7) is 1.92. The molecule has 2 aromatic carbocycles. The van der Waals surface area contributed by atoms with Crippen molar-refractivity contribution in [2.45, 2.75) is 80.8 Å². The lowest BCUT2D eigenvalue weighted by atomic mass is 9.80. The predicted molar refractivity (Wildman–Crippen MR) is 182 cm³/mol. The molecule has 0 spiro atoms. The highest BCUT2D eigenvalue weighted by molar-refractivity contribution is 5.94. The molecule has 51 heavy (non-hydrogen) atoms. The number of carbonyl (C=O) groups excluding carboxylic acids is 4. The van der Waals surface area contributed by atoms with Crippen molar-refractivity contribution < 1.29 is 60.0 Å². The lowest BCUT2D eigenvalue weighted by Gasteiger charge is -2.28. The monoisotopic (exact) mass is 712 g/mol. The zero-order valence-corrected chi connectivity index (χ0v) is 27.9. The fourth-order valence-electron chi connectivity index (χ4n) is 6.25. The van der Waals surface area contributed by atoms with Gasteiger partial charge in [0, 0.05) is 38.6 Å². The SMILES string of the molecule is CC(C)(c1[nH]c2ccccc2c1CC(=O)NC(C=O)[C@@H](O)[C@H](O)[C@H](O)CO)c1[nH]c2ccccc2c1CC(=O)NC(C=O)[C@@H](O)[C@H](O)[C@H](O)CO. The minimum absolute atomic E-state index is 0.210. The maximum Gasteiger partial charge on any atom is 0.225 e. The maximum absolute atomic E-state index is 13.4. The van der Waals surface area contributed by atoms with E-state index in [1.54, 1.807) is 48.5 Å². The summed E-state index contributed by atoms with van der Waals surface area (Å²) in [6.07, 6.45) is -11.4. The fraction of sp³-hybridized carbons (Fsp3) is 0.429. The van der Waals surface area contributed by atoms with Crippen molar-refractivity contribution in [2.24, 2.45) is 0 Å². The molecule has 0 aliphatic heterocycles. The van der Waals surface area contributed by atoms with E-state index in [1.165, 1.54) is 0 Å². The Labute approximate surface area is 291 Å². The van der Waals surface area contributed by atoms with Crippen molar-refractivity contribution in [2.75, 3.05) is 13.2 Å². The molecule has 2 heterocycles. The normalized spacial score (nSPS) is 16.8. The number of para-hydroxylation sites is 2. The van der Waals surface area contributed by atoms with E-state index >= 15 is 0 Å². The molecule has 0 aliphatic rings. The summed E-state index contributed by atoms with van der Waals surface area (Å²) in [5.74, 6) is -1.41. The van der Waals surface area contributed by atoms with Crippen LogP contribution < -0.4 is 10.6 Å². The summed E-state index contributed by atoms with van der Waals surface area (Å²) >= 11 is 0. The molecule has 2 amide bonds. The Morgan fingerprint density at radius 2 is 1.00 bits per heavy atom. The van der Waals surface area contributed by atoms with Gasteiger partial charge in [-0.1, -0.05) is 36.4 Å². The van der Waals surface area contributed by atoms with Crippen LogP contribution in [0.2, 0.25) is 0 Å². The van der Waals surface area contributed by atoms with Crippen LogP contribution in [0.3, 0.4) is 0 Å². The molecule has 0 saturated carbocycles. The van der Waals surface area contributed by atoms with E-state index < -0.39 is 79.2 Å². The number of nitrogens with one attached hydrogen (secondary N) is 4. The summed E-state index contributed by atoms with van der Waals surface area (Å²) in [6, 6.07) is 11.1. The Bertz CT molecular complexity index is 1710. The molecular formula is C35H44N4O12. The van der Waals surface area contributed by atoms with Crippen molar-refractivity contribution in [3.8, 4) is 0 Å². The molecule has 12 N–H and O–H groups in total. The van der Waals surface area contributed by atoms with E-state index in [2.05, 4.69) is 20.6 Å². The second-order valence-electron chi connectivity index (χ2n) is 12.9. The molecule has 16 nitrogen and oxygen atoms in total. The number of hydrogen-bond acceptors (Lipinski definition) is 12. The van der Waals surface area contributed by atoms with E-state index in [1.807, 2.05) is 13.8 Å². The van der Waals surface area contributed by atoms with Crippen molar-refractivity contribution in [3.63, 3.8) is 0 Å². The van der Waals surface area contributed by atoms with Crippen LogP contribution in [-0.2, 0) is 37.4 Å². The Hall–Kier alpha value is -4.52. The van der Waals surface area contributed by atoms with Crippen LogP contribution in [0.25, 0.3) is 21.8 Å². The average molecular weight is 713 g/mol. The second kappa shape index (κ2) is 16.7. The van der Waals surface area contributed by atoms with Gasteiger partial charge in [0.25, 0.3) is 0 Å². The molecule has 4 aromatic rings. The highest BCUT2D eigenvalue weighted by Crippen LogP contribution is 2.40. The quantitative estimate of drug-likeness (QED) is 0.0480. The molecule has 2 aromatic heterocycles. The zero-order chi connectivity index (χ0) is 37.6. The van der Waals surface area contributed by atoms with E-state index in [9.17, 15) is 49.8 Å². The van der Waals surface area contributed by atoms with Gasteiger partial charge in [0.05, 0.1) is 26.1 Å². The highest BCUT2D eigenvalue weighted by Gasteiger charge is 2.37. The number of aliphatic hydroxyl groups excluding tert-OH is 8. The van der Waals surface area contributed by atoms with Crippen LogP contribution in [0.4, 0.5) is 0 Å². The number of hydrogen-bond donors (Lipinski definition) is 12. The molecule has 0 fully saturated rings. The number of benzene rings is 2. The Kier molecular flexibility index (Phi) is 12.8. The summed E-state index contributed by atoms with van der Waals surface area (Å²) in [7, 11) is 0. The van der Waals surface area contributed by atoms with Crippen LogP contribution >= 0.6 is 0 Å². The van der Waals surface area contributed by atoms with Gasteiger partial charge in [0.1, 0.15) is 61.3 Å². The number of carbonyl (C=O) groups is 4. The molecule has 0 bridgehead atoms. The number of aromatic nitrogens is 2. The van der Waals surface area contributed by atoms with Gasteiger partial charge in [-0.15, -0.1) is 0 Å². The molecule has 0 aliphatic carbocycles. The first-order chi connectivity index (χ1) is 24.2. The first-order valence-corrected chi connectivity index (χ1v) is 16.2. The first-order valence-electron chi connectivity index (χ1n) is 16.2. The number of fused-ring (bicyclic) bond motifs is 2. The third kappa shape index (κ3) is 8.35. The minimum atomic E-state index is -1.92. The number of H-pyrrole nitrogens is 2. The summed E-state index contributed by atoms with van der Waals surface area (Å²) in [4.78, 5) is 57.2. The number of aromatic amines is 2. The third-order valence-corrected chi connectivity index (χ3v) is 9.10. The van der Waals surface area contributed by atoms with Crippen molar-refractivity contribution >= 4 is 46.2 Å². The van der Waals surface area contributed by atoms with Crippen molar-refractivity contribution in [1.29, 1.82) is 0 Å². The van der Waals surface area contributed by atoms with Gasteiger partial charge in [-0.3, -0.25) is 9.59 Å². The van der Waals surface area contributed by atoms with Crippen LogP contribution in [-0.4, -0.2) is 137 Å². The molecule has 4 rings (SSSR count). The van der Waals surface area contributed by atoms with E-state index in [4.69, 9.17) is 10.2 Å². The first kappa shape index (κ1) is 39.3. The van der Waals surface area contributed by atoms with Crippen molar-refractivity contribution in [3.05, 3.63) is 71.0 Å². The number of amides is 2. The Morgan fingerprint density at radius 1 is 0.647 bits per heavy atom. The van der Waals surface area contributed by atoms with Gasteiger partial charge in [-0.2, -0.15) is 0 Å². The van der Waals surface area contributed by atoms with Crippen LogP contribution in [0, 0.1) is 0 Å². The van der Waals surface area contributed by atoms with Gasteiger partial charge < -0.3 is 71.0 Å². The maximum atomic E-state index is 13.4. The fourth-order valence-corrected chi connectivity index (χ4v) is 6.25. The zero-order valence-electron chi connectivity index (χ0n) is 27.9. The number of aliphatic hydroxyl groups is 8. The van der Waals surface area contributed by atoms with Gasteiger partial charge in [-0.05, 0) is 37.1 Å². The van der Waals surface area contributed by atoms with E-state index in [-0.39, 0.29) is 25.4 Å². The largest absolute Gasteiger partial charge is 0.394 e. The topological polar surface area (TPSA) is 286 Å². The second-order valence-corrected chi connectivity index (χ2v) is 12.9. The molecule has 2 unspecified atom stereocenters. The standard InChI is InChI=1S/C35H44N4O12/c1-35(2,33-19(17-7-3-5-9-21(17)38-33)11-27(46)36-23(13-40)29(48)31(50)25(44)15-42)34-20(18-8-4-6-10-22(18)39-34)12-28(47)37-24(14-41)30(49)32(51)26(45)16-43/h3-10,13-14,23-26,29-32,38-39,42-45,48-51H,11-12,15-16H2,1-2H3,(H,36,46)(H,37,47)/t23?,24?,25-,26-,29-,30-,31-,32-/m1/s1. The van der Waals surface area contributed by atoms with Gasteiger partial charge in [-0.25, -0.2) is 0 Å². The lowest BCUT2D eigenvalue weighted by Crippen LogP contribution is -2.53. The van der Waals surface area contributed by atoms with E-state index in [0.29, 0.717) is 44.3 Å². The summed E-state index contributed by atoms with van der Waals surface area (Å²) in [5, 5.41) is 84.8. The van der Waals surface area contributed by atoms with Gasteiger partial charge in [0.2, 0.25) is 11.8 Å². The molecule has 8 atom stereocenters. The number of rotatable bonds is 18. The smallest absolute Gasteiger partial charge is 0.225 e. The third-order valence-electron chi connectivity index (χ3n) is 9.10. The Morgan fingerprint density at radius 3 is 1.33 bits per heavy atom. The average Bonchev–Trinajstić information content (AvgIpc) is 3.70. The molecule has 0 saturated heterocycles. The summed E-state index contributed by atoms with van der Waals surface area (Å²) in [5.41, 5.74) is 2.45. The van der Waals surface area contributed by atoms with Crippen LogP contribution in [0.15, 0.2) is 48.5 Å². The minimum Gasteiger partial charge on any atom is -0.394 e. The van der Waals surface area contributed by atoms with Crippen molar-refractivity contribution in [1.82, 2.24) is 20.6 Å². The van der Waals surface area contributed by atoms with Gasteiger partial charge in [0.15, 0.2) is 0 Å².